The smallest absolute Gasteiger partial charge is 0.419 e. The third-order valence-electron chi connectivity index (χ3n) is 12.3. The van der Waals surface area contributed by atoms with Gasteiger partial charge < -0.3 is 39.4 Å². The summed E-state index contributed by atoms with van der Waals surface area (Å²) in [6.07, 6.45) is -6.92. The van der Waals surface area contributed by atoms with Gasteiger partial charge in [0.2, 0.25) is 0 Å². The number of ketones is 2. The number of nitrogens with zero attached hydrogens (tertiary/aromatic N) is 4. The second-order valence-corrected chi connectivity index (χ2v) is 17.0. The molecule has 2 N–H and O–H groups in total. The lowest BCUT2D eigenvalue weighted by molar-refractivity contribution is -0.138. The van der Waals surface area contributed by atoms with Crippen LogP contribution in [0.25, 0.3) is 0 Å². The van der Waals surface area contributed by atoms with Gasteiger partial charge in [-0.1, -0.05) is 45.5 Å². The molecular formula is C55H59F7N6O6. The maximum absolute atomic E-state index is 13.8. The highest BCUT2D eigenvalue weighted by molar-refractivity contribution is 6.02. The molecule has 0 spiro atoms. The summed E-state index contributed by atoms with van der Waals surface area (Å²) in [7, 11) is 3.10. The second kappa shape index (κ2) is 25.1. The van der Waals surface area contributed by atoms with Gasteiger partial charge in [0.05, 0.1) is 63.1 Å². The third-order valence-corrected chi connectivity index (χ3v) is 12.3. The summed E-state index contributed by atoms with van der Waals surface area (Å²) in [5.41, 5.74) is 2.70. The van der Waals surface area contributed by atoms with Crippen molar-refractivity contribution in [3.05, 3.63) is 154 Å². The summed E-state index contributed by atoms with van der Waals surface area (Å²) in [5, 5.41) is 5.54. The lowest BCUT2D eigenvalue weighted by atomic mass is 10.0. The van der Waals surface area contributed by atoms with Crippen molar-refractivity contribution in [1.82, 2.24) is 9.97 Å². The molecular weight excluding hydrogens is 974 g/mol. The van der Waals surface area contributed by atoms with Crippen LogP contribution in [0.15, 0.2) is 103 Å². The number of pyridine rings is 2. The number of aromatic nitrogens is 2. The van der Waals surface area contributed by atoms with E-state index in [-0.39, 0.29) is 61.5 Å². The van der Waals surface area contributed by atoms with Crippen LogP contribution in [0.2, 0.25) is 0 Å². The molecule has 0 atom stereocenters. The summed E-state index contributed by atoms with van der Waals surface area (Å²) in [6, 6.07) is 24.1. The third kappa shape index (κ3) is 14.1. The van der Waals surface area contributed by atoms with Gasteiger partial charge in [-0.05, 0) is 54.6 Å². The molecule has 19 heteroatoms. The highest BCUT2D eigenvalue weighted by atomic mass is 19.4. The highest BCUT2D eigenvalue weighted by Crippen LogP contribution is 2.40. The average molecular weight is 1030 g/mol. The monoisotopic (exact) mass is 1030 g/mol. The predicted octanol–water partition coefficient (Wildman–Crippen LogP) is 12.5. The normalized spacial score (nSPS) is 13.8. The Bertz CT molecular complexity index is 2890. The number of morpholine rings is 2. The van der Waals surface area contributed by atoms with Crippen LogP contribution < -0.4 is 29.9 Å². The van der Waals surface area contributed by atoms with Gasteiger partial charge in [-0.25, -0.2) is 4.39 Å². The number of anilines is 6. The minimum absolute atomic E-state index is 0. The summed E-state index contributed by atoms with van der Waals surface area (Å²) in [4.78, 5) is 37.2. The lowest BCUT2D eigenvalue weighted by Crippen LogP contribution is -2.36. The zero-order valence-electron chi connectivity index (χ0n) is 40.7. The van der Waals surface area contributed by atoms with Gasteiger partial charge in [0, 0.05) is 133 Å². The maximum Gasteiger partial charge on any atom is 0.419 e. The molecule has 12 nitrogen and oxygen atoms in total. The van der Waals surface area contributed by atoms with Crippen LogP contribution in [0.4, 0.5) is 64.9 Å². The lowest BCUT2D eigenvalue weighted by Gasteiger charge is -2.29. The highest BCUT2D eigenvalue weighted by Gasteiger charge is 2.36. The Morgan fingerprint density at radius 2 is 1.01 bits per heavy atom. The van der Waals surface area contributed by atoms with E-state index in [1.165, 1.54) is 25.3 Å². The first kappa shape index (κ1) is 56.1. The summed E-state index contributed by atoms with van der Waals surface area (Å²) in [6.45, 7) is 8.95. The fourth-order valence-corrected chi connectivity index (χ4v) is 8.40. The molecule has 4 aromatic carbocycles. The van der Waals surface area contributed by atoms with Gasteiger partial charge in [0.25, 0.3) is 0 Å². The second-order valence-electron chi connectivity index (χ2n) is 17.0. The quantitative estimate of drug-likeness (QED) is 0.0708. The number of rotatable bonds is 16. The van der Waals surface area contributed by atoms with Crippen molar-refractivity contribution in [3.63, 3.8) is 0 Å². The van der Waals surface area contributed by atoms with E-state index in [9.17, 15) is 40.3 Å². The SMILES string of the molecule is C.CCC(=O)c1cc(F)ccc1Nc1cc(Cc2ccc(N3CCOCC3)cc2OC)ncc1C(F)(F)F.CCC(=O)c1ccccc1Nc1cc(Cc2ccc(N3CCOCC3)cc2OC)ncc1C(F)(F)F. The molecule has 0 saturated carbocycles. The van der Waals surface area contributed by atoms with Crippen molar-refractivity contribution in [2.75, 3.05) is 87.3 Å². The van der Waals surface area contributed by atoms with Gasteiger partial charge in [-0.15, -0.1) is 0 Å². The molecule has 0 aliphatic carbocycles. The molecule has 4 heterocycles. The number of alkyl halides is 6. The summed E-state index contributed by atoms with van der Waals surface area (Å²) in [5.74, 6) is 0.0195. The zero-order valence-corrected chi connectivity index (χ0v) is 40.7. The molecule has 2 aliphatic heterocycles. The number of carbonyl (C=O) groups excluding carboxylic acids is 2. The molecule has 0 amide bonds. The Balaban J connectivity index is 0.000000238. The number of halogens is 7. The van der Waals surface area contributed by atoms with E-state index in [4.69, 9.17) is 18.9 Å². The first-order valence-corrected chi connectivity index (χ1v) is 23.6. The molecule has 0 radical (unpaired) electrons. The Morgan fingerprint density at radius 3 is 1.45 bits per heavy atom. The summed E-state index contributed by atoms with van der Waals surface area (Å²) >= 11 is 0. The molecule has 2 aliphatic rings. The van der Waals surface area contributed by atoms with E-state index in [0.717, 1.165) is 73.2 Å². The predicted molar refractivity (Wildman–Crippen MR) is 272 cm³/mol. The van der Waals surface area contributed by atoms with E-state index < -0.39 is 35.1 Å². The van der Waals surface area contributed by atoms with Crippen molar-refractivity contribution in [2.45, 2.75) is 59.3 Å². The van der Waals surface area contributed by atoms with Crippen molar-refractivity contribution in [1.29, 1.82) is 0 Å². The molecule has 394 valence electrons. The van der Waals surface area contributed by atoms with E-state index in [1.807, 2.05) is 36.4 Å². The van der Waals surface area contributed by atoms with Crippen LogP contribution in [0.1, 0.15) is 88.5 Å². The van der Waals surface area contributed by atoms with Crippen LogP contribution in [0.5, 0.6) is 11.5 Å². The molecule has 2 fully saturated rings. The number of nitrogens with one attached hydrogen (secondary N) is 2. The van der Waals surface area contributed by atoms with Crippen LogP contribution >= 0.6 is 0 Å². The van der Waals surface area contributed by atoms with Crippen LogP contribution in [-0.4, -0.2) is 88.4 Å². The van der Waals surface area contributed by atoms with Crippen molar-refractivity contribution < 1.29 is 59.3 Å². The van der Waals surface area contributed by atoms with Crippen LogP contribution in [-0.2, 0) is 34.7 Å². The fraction of sp³-hybridized carbons (Fsp3) is 0.345. The van der Waals surface area contributed by atoms with E-state index in [1.54, 1.807) is 45.2 Å². The number of carbonyl (C=O) groups is 2. The number of para-hydroxylation sites is 1. The first-order valence-electron chi connectivity index (χ1n) is 23.6. The number of hydrogen-bond donors (Lipinski definition) is 2. The average Bonchev–Trinajstić information content (AvgIpc) is 3.39. The molecule has 0 unspecified atom stereocenters. The first-order chi connectivity index (χ1) is 35.0. The molecule has 6 aromatic rings. The van der Waals surface area contributed by atoms with Gasteiger partial charge in [-0.3, -0.25) is 19.6 Å². The fourth-order valence-electron chi connectivity index (χ4n) is 8.40. The largest absolute Gasteiger partial charge is 0.496 e. The Hall–Kier alpha value is -7.25. The van der Waals surface area contributed by atoms with Gasteiger partial charge in [-0.2, -0.15) is 26.3 Å². The van der Waals surface area contributed by atoms with Gasteiger partial charge in [0.15, 0.2) is 11.6 Å². The van der Waals surface area contributed by atoms with E-state index in [2.05, 4.69) is 30.4 Å². The number of ether oxygens (including phenoxy) is 4. The standard InChI is InChI=1S/C27H27F4N3O3.C27H28F3N3O3.CH4/c1-3-25(35)21-13-18(28)5-7-23(21)33-24-14-19(32-16-22(24)27(29,30)31)12-17-4-6-20(15-26(17)36-2)34-8-10-37-11-9-34;1-3-25(34)21-6-4-5-7-23(21)32-24-15-19(31-17-22(24)27(28,29)30)14-18-8-9-20(16-26(18)35-2)33-10-12-36-13-11-33;/h4-7,13-16H,3,8-12H2,1-2H3,(H,32,33);4-9,15-17H,3,10-14H2,1-2H3,(H,31,32);1H4. The number of Topliss-reactive ketones (excluding diaryl/α,β-unsaturated/α-hetero) is 2. The summed E-state index contributed by atoms with van der Waals surface area (Å²) < 4.78 is 119. The number of hydrogen-bond acceptors (Lipinski definition) is 12. The van der Waals surface area contributed by atoms with Crippen LogP contribution in [0.3, 0.4) is 0 Å². The minimum atomic E-state index is -4.69. The number of benzene rings is 4. The Labute approximate surface area is 425 Å². The topological polar surface area (TPSA) is 127 Å². The minimum Gasteiger partial charge on any atom is -0.496 e. The number of methoxy groups -OCH3 is 2. The van der Waals surface area contributed by atoms with Crippen molar-refractivity contribution in [3.8, 4) is 11.5 Å². The molecule has 2 saturated heterocycles. The van der Waals surface area contributed by atoms with Crippen LogP contribution in [0, 0.1) is 5.82 Å². The molecule has 8 rings (SSSR count). The molecule has 74 heavy (non-hydrogen) atoms. The van der Waals surface area contributed by atoms with E-state index in [0.29, 0.717) is 60.6 Å². The molecule has 2 aromatic heterocycles. The molecule has 0 bridgehead atoms. The van der Waals surface area contributed by atoms with Crippen molar-refractivity contribution >= 4 is 45.7 Å². The maximum atomic E-state index is 13.8. The Kier molecular flexibility index (Phi) is 19.0. The Morgan fingerprint density at radius 1 is 0.581 bits per heavy atom. The van der Waals surface area contributed by atoms with Gasteiger partial charge in [0.1, 0.15) is 17.3 Å². The van der Waals surface area contributed by atoms with Crippen molar-refractivity contribution in [2.24, 2.45) is 0 Å². The van der Waals surface area contributed by atoms with E-state index >= 15 is 0 Å². The zero-order chi connectivity index (χ0) is 52.3. The van der Waals surface area contributed by atoms with Gasteiger partial charge >= 0.3 is 12.4 Å².